The summed E-state index contributed by atoms with van der Waals surface area (Å²) in [6.07, 6.45) is 17.8. The summed E-state index contributed by atoms with van der Waals surface area (Å²) >= 11 is 0. The van der Waals surface area contributed by atoms with Crippen molar-refractivity contribution >= 4 is 0 Å². The van der Waals surface area contributed by atoms with Gasteiger partial charge in [-0.2, -0.15) is 0 Å². The van der Waals surface area contributed by atoms with Gasteiger partial charge in [0.05, 0.1) is 6.10 Å². The molecule has 1 nitrogen and oxygen atoms in total. The van der Waals surface area contributed by atoms with Gasteiger partial charge in [-0.3, -0.25) is 0 Å². The Kier molecular flexibility index (Phi) is 12.8. The highest BCUT2D eigenvalue weighted by atomic mass is 16.3. The highest BCUT2D eigenvalue weighted by molar-refractivity contribution is 5.29. The third-order valence-electron chi connectivity index (χ3n) is 5.04. The van der Waals surface area contributed by atoms with Crippen molar-refractivity contribution in [3.8, 4) is 0 Å². The van der Waals surface area contributed by atoms with Gasteiger partial charge in [-0.25, -0.2) is 0 Å². The molecule has 0 spiro atoms. The first-order chi connectivity index (χ1) is 11.8. The zero-order valence-electron chi connectivity index (χ0n) is 16.2. The molecule has 0 saturated heterocycles. The highest BCUT2D eigenvalue weighted by Crippen LogP contribution is 2.24. The maximum Gasteiger partial charge on any atom is 0.0792 e. The molecule has 0 saturated carbocycles. The fraction of sp³-hybridized carbons (Fsp3) is 0.739. The molecule has 1 aromatic rings. The van der Waals surface area contributed by atoms with Gasteiger partial charge in [0, 0.05) is 0 Å². The first-order valence-corrected chi connectivity index (χ1v) is 10.6. The summed E-state index contributed by atoms with van der Waals surface area (Å²) in [5.41, 5.74) is 2.53. The SMILES string of the molecule is CCCCCCCCCCCCc1ccccc1C(O)CCCC. The maximum absolute atomic E-state index is 10.4. The van der Waals surface area contributed by atoms with Crippen LogP contribution in [-0.4, -0.2) is 5.11 Å². The van der Waals surface area contributed by atoms with E-state index in [1.165, 1.54) is 75.3 Å². The molecule has 138 valence electrons. The van der Waals surface area contributed by atoms with Crippen molar-refractivity contribution in [3.05, 3.63) is 35.4 Å². The zero-order chi connectivity index (χ0) is 17.5. The Bertz CT molecular complexity index is 399. The van der Waals surface area contributed by atoms with E-state index in [0.29, 0.717) is 0 Å². The van der Waals surface area contributed by atoms with Crippen LogP contribution in [0.4, 0.5) is 0 Å². The average Bonchev–Trinajstić information content (AvgIpc) is 2.61. The van der Waals surface area contributed by atoms with E-state index in [1.54, 1.807) is 0 Å². The van der Waals surface area contributed by atoms with Gasteiger partial charge >= 0.3 is 0 Å². The Hall–Kier alpha value is -0.820. The molecule has 0 amide bonds. The largest absolute Gasteiger partial charge is 0.388 e. The van der Waals surface area contributed by atoms with Crippen molar-refractivity contribution in [3.63, 3.8) is 0 Å². The summed E-state index contributed by atoms with van der Waals surface area (Å²) in [5, 5.41) is 10.4. The van der Waals surface area contributed by atoms with E-state index in [4.69, 9.17) is 0 Å². The van der Waals surface area contributed by atoms with Crippen LogP contribution in [0.5, 0.6) is 0 Å². The van der Waals surface area contributed by atoms with Crippen molar-refractivity contribution in [1.82, 2.24) is 0 Å². The number of benzene rings is 1. The molecule has 24 heavy (non-hydrogen) atoms. The number of unbranched alkanes of at least 4 members (excludes halogenated alkanes) is 10. The van der Waals surface area contributed by atoms with Crippen LogP contribution in [0.3, 0.4) is 0 Å². The molecule has 0 aliphatic rings. The molecular formula is C23H40O. The molecule has 0 bridgehead atoms. The fourth-order valence-corrected chi connectivity index (χ4v) is 3.44. The normalized spacial score (nSPS) is 12.5. The van der Waals surface area contributed by atoms with Gasteiger partial charge in [0.2, 0.25) is 0 Å². The highest BCUT2D eigenvalue weighted by Gasteiger charge is 2.11. The van der Waals surface area contributed by atoms with Crippen molar-refractivity contribution in [1.29, 1.82) is 0 Å². The monoisotopic (exact) mass is 332 g/mol. The quantitative estimate of drug-likeness (QED) is 0.332. The van der Waals surface area contributed by atoms with Crippen molar-refractivity contribution in [2.45, 2.75) is 110 Å². The summed E-state index contributed by atoms with van der Waals surface area (Å²) in [6, 6.07) is 8.50. The number of hydrogen-bond acceptors (Lipinski definition) is 1. The first-order valence-electron chi connectivity index (χ1n) is 10.6. The average molecular weight is 333 g/mol. The Morgan fingerprint density at radius 3 is 1.88 bits per heavy atom. The Labute approximate surface area is 150 Å². The molecule has 1 aromatic carbocycles. The van der Waals surface area contributed by atoms with E-state index in [2.05, 4.69) is 38.1 Å². The maximum atomic E-state index is 10.4. The van der Waals surface area contributed by atoms with Crippen molar-refractivity contribution in [2.24, 2.45) is 0 Å². The second-order valence-corrected chi connectivity index (χ2v) is 7.29. The van der Waals surface area contributed by atoms with Crippen LogP contribution in [0.25, 0.3) is 0 Å². The number of aliphatic hydroxyl groups excluding tert-OH is 1. The van der Waals surface area contributed by atoms with Crippen LogP contribution < -0.4 is 0 Å². The van der Waals surface area contributed by atoms with Crippen molar-refractivity contribution < 1.29 is 5.11 Å². The lowest BCUT2D eigenvalue weighted by molar-refractivity contribution is 0.163. The summed E-state index contributed by atoms with van der Waals surface area (Å²) < 4.78 is 0. The summed E-state index contributed by atoms with van der Waals surface area (Å²) in [5.74, 6) is 0. The van der Waals surface area contributed by atoms with E-state index >= 15 is 0 Å². The van der Waals surface area contributed by atoms with Crippen LogP contribution in [0, 0.1) is 0 Å². The van der Waals surface area contributed by atoms with Crippen LogP contribution in [0.1, 0.15) is 115 Å². The number of hydrogen-bond donors (Lipinski definition) is 1. The predicted molar refractivity (Wildman–Crippen MR) is 106 cm³/mol. The fourth-order valence-electron chi connectivity index (χ4n) is 3.44. The first kappa shape index (κ1) is 21.2. The summed E-state index contributed by atoms with van der Waals surface area (Å²) in [7, 11) is 0. The lowest BCUT2D eigenvalue weighted by atomic mass is 9.95. The van der Waals surface area contributed by atoms with Gasteiger partial charge in [-0.15, -0.1) is 0 Å². The summed E-state index contributed by atoms with van der Waals surface area (Å²) in [6.45, 7) is 4.46. The number of rotatable bonds is 15. The molecule has 0 aromatic heterocycles. The van der Waals surface area contributed by atoms with E-state index in [1.807, 2.05) is 0 Å². The zero-order valence-corrected chi connectivity index (χ0v) is 16.2. The molecule has 0 heterocycles. The second kappa shape index (κ2) is 14.5. The Morgan fingerprint density at radius 2 is 1.25 bits per heavy atom. The standard InChI is InChI=1S/C23H40O/c1-3-5-7-8-9-10-11-12-13-14-17-21-18-15-16-19-22(21)23(24)20-6-4-2/h15-16,18-19,23-24H,3-14,17,20H2,1-2H3. The summed E-state index contributed by atoms with van der Waals surface area (Å²) in [4.78, 5) is 0. The molecule has 0 radical (unpaired) electrons. The third-order valence-corrected chi connectivity index (χ3v) is 5.04. The van der Waals surface area contributed by atoms with Gasteiger partial charge in [-0.1, -0.05) is 109 Å². The van der Waals surface area contributed by atoms with Crippen molar-refractivity contribution in [2.75, 3.05) is 0 Å². The minimum Gasteiger partial charge on any atom is -0.388 e. The molecule has 1 heteroatoms. The van der Waals surface area contributed by atoms with Gasteiger partial charge in [0.25, 0.3) is 0 Å². The van der Waals surface area contributed by atoms with Gasteiger partial charge in [0.1, 0.15) is 0 Å². The molecule has 1 N–H and O–H groups in total. The van der Waals surface area contributed by atoms with Gasteiger partial charge < -0.3 is 5.11 Å². The topological polar surface area (TPSA) is 20.2 Å². The van der Waals surface area contributed by atoms with Crippen LogP contribution in [-0.2, 0) is 6.42 Å². The third kappa shape index (κ3) is 9.47. The molecular weight excluding hydrogens is 292 g/mol. The van der Waals surface area contributed by atoms with E-state index in [9.17, 15) is 5.11 Å². The minimum atomic E-state index is -0.274. The van der Waals surface area contributed by atoms with Crippen LogP contribution in [0.2, 0.25) is 0 Å². The van der Waals surface area contributed by atoms with Gasteiger partial charge in [-0.05, 0) is 30.4 Å². The molecule has 1 rings (SSSR count). The van der Waals surface area contributed by atoms with E-state index in [0.717, 1.165) is 25.7 Å². The number of aryl methyl sites for hydroxylation is 1. The smallest absolute Gasteiger partial charge is 0.0792 e. The van der Waals surface area contributed by atoms with Crippen LogP contribution in [0.15, 0.2) is 24.3 Å². The number of aliphatic hydroxyl groups is 1. The molecule has 1 atom stereocenters. The Balaban J connectivity index is 2.16. The predicted octanol–water partition coefficient (Wildman–Crippen LogP) is 7.37. The Morgan fingerprint density at radius 1 is 0.708 bits per heavy atom. The lowest BCUT2D eigenvalue weighted by Gasteiger charge is -2.15. The van der Waals surface area contributed by atoms with Crippen LogP contribution >= 0.6 is 0 Å². The molecule has 0 fully saturated rings. The minimum absolute atomic E-state index is 0.274. The molecule has 0 aliphatic heterocycles. The van der Waals surface area contributed by atoms with E-state index < -0.39 is 0 Å². The molecule has 1 unspecified atom stereocenters. The van der Waals surface area contributed by atoms with Gasteiger partial charge in [0.15, 0.2) is 0 Å². The second-order valence-electron chi connectivity index (χ2n) is 7.29. The lowest BCUT2D eigenvalue weighted by Crippen LogP contribution is -2.02. The van der Waals surface area contributed by atoms with E-state index in [-0.39, 0.29) is 6.10 Å². The molecule has 0 aliphatic carbocycles.